The number of ether oxygens (including phenoxy) is 1. The van der Waals surface area contributed by atoms with E-state index in [0.29, 0.717) is 12.5 Å². The molecular formula is C15H30N2O3. The fourth-order valence-electron chi connectivity index (χ4n) is 2.77. The van der Waals surface area contributed by atoms with Crippen molar-refractivity contribution in [1.82, 2.24) is 10.6 Å². The second kappa shape index (κ2) is 8.47. The van der Waals surface area contributed by atoms with E-state index in [-0.39, 0.29) is 24.1 Å². The number of rotatable bonds is 8. The van der Waals surface area contributed by atoms with Crippen LogP contribution in [0, 0.1) is 11.3 Å². The first-order valence-corrected chi connectivity index (χ1v) is 7.80. The van der Waals surface area contributed by atoms with Gasteiger partial charge in [0.2, 0.25) is 0 Å². The number of hydrogen-bond donors (Lipinski definition) is 3. The Labute approximate surface area is 122 Å². The van der Waals surface area contributed by atoms with Gasteiger partial charge in [-0.1, -0.05) is 13.8 Å². The third kappa shape index (κ3) is 4.94. The lowest BCUT2D eigenvalue weighted by Crippen LogP contribution is -2.47. The van der Waals surface area contributed by atoms with Gasteiger partial charge in [-0.05, 0) is 38.0 Å². The number of carbonyl (C=O) groups excluding carboxylic acids is 1. The van der Waals surface area contributed by atoms with Crippen molar-refractivity contribution in [3.8, 4) is 0 Å². The maximum atomic E-state index is 12.0. The summed E-state index contributed by atoms with van der Waals surface area (Å²) in [5.74, 6) is 0.417. The number of hydrogen-bond acceptors (Lipinski definition) is 3. The molecule has 2 amide bonds. The van der Waals surface area contributed by atoms with E-state index in [9.17, 15) is 9.90 Å². The molecule has 0 aromatic rings. The molecule has 0 bridgehead atoms. The summed E-state index contributed by atoms with van der Waals surface area (Å²) in [5.41, 5.74) is 0.00575. The molecule has 118 valence electrons. The first-order chi connectivity index (χ1) is 9.56. The van der Waals surface area contributed by atoms with Crippen molar-refractivity contribution in [2.45, 2.75) is 52.5 Å². The number of amides is 2. The number of carbonyl (C=O) groups is 1. The van der Waals surface area contributed by atoms with Crippen LogP contribution in [0.4, 0.5) is 4.79 Å². The minimum Gasteiger partial charge on any atom is -0.396 e. The Morgan fingerprint density at radius 3 is 2.65 bits per heavy atom. The van der Waals surface area contributed by atoms with Crippen molar-refractivity contribution in [2.75, 3.05) is 26.4 Å². The molecule has 1 rings (SSSR count). The summed E-state index contributed by atoms with van der Waals surface area (Å²) in [4.78, 5) is 12.0. The molecule has 20 heavy (non-hydrogen) atoms. The van der Waals surface area contributed by atoms with E-state index < -0.39 is 0 Å². The van der Waals surface area contributed by atoms with Crippen LogP contribution in [0.2, 0.25) is 0 Å². The van der Waals surface area contributed by atoms with Gasteiger partial charge in [0, 0.05) is 31.7 Å². The van der Waals surface area contributed by atoms with Gasteiger partial charge in [0.05, 0.1) is 6.61 Å². The van der Waals surface area contributed by atoms with E-state index in [0.717, 1.165) is 38.9 Å². The highest BCUT2D eigenvalue weighted by Gasteiger charge is 2.27. The van der Waals surface area contributed by atoms with Crippen molar-refractivity contribution in [1.29, 1.82) is 0 Å². The van der Waals surface area contributed by atoms with Crippen LogP contribution in [0.25, 0.3) is 0 Å². The van der Waals surface area contributed by atoms with E-state index in [2.05, 4.69) is 24.5 Å². The van der Waals surface area contributed by atoms with Crippen molar-refractivity contribution in [3.05, 3.63) is 0 Å². The third-order valence-electron chi connectivity index (χ3n) is 4.80. The smallest absolute Gasteiger partial charge is 0.315 e. The fourth-order valence-corrected chi connectivity index (χ4v) is 2.77. The minimum atomic E-state index is -0.117. The Morgan fingerprint density at radius 2 is 2.15 bits per heavy atom. The summed E-state index contributed by atoms with van der Waals surface area (Å²) in [6.07, 6.45) is 3.65. The zero-order valence-electron chi connectivity index (χ0n) is 13.1. The molecule has 0 aromatic carbocycles. The molecule has 1 saturated heterocycles. The highest BCUT2D eigenvalue weighted by atomic mass is 16.5. The molecule has 5 heteroatoms. The quantitative estimate of drug-likeness (QED) is 0.638. The topological polar surface area (TPSA) is 70.6 Å². The highest BCUT2D eigenvalue weighted by Crippen LogP contribution is 2.29. The SMILES string of the molecule is CCC(CC)(CCO)CNC(=O)NC(C)C1CCOC1. The Morgan fingerprint density at radius 1 is 1.45 bits per heavy atom. The van der Waals surface area contributed by atoms with Gasteiger partial charge in [-0.2, -0.15) is 0 Å². The molecule has 1 aliphatic rings. The highest BCUT2D eigenvalue weighted by molar-refractivity contribution is 5.74. The van der Waals surface area contributed by atoms with Crippen molar-refractivity contribution in [2.24, 2.45) is 11.3 Å². The van der Waals surface area contributed by atoms with Crippen LogP contribution >= 0.6 is 0 Å². The summed E-state index contributed by atoms with van der Waals surface area (Å²) >= 11 is 0. The Balaban J connectivity index is 2.37. The van der Waals surface area contributed by atoms with E-state index in [1.165, 1.54) is 0 Å². The molecular weight excluding hydrogens is 256 g/mol. The molecule has 5 nitrogen and oxygen atoms in total. The molecule has 0 spiro atoms. The van der Waals surface area contributed by atoms with Gasteiger partial charge in [0.15, 0.2) is 0 Å². The number of urea groups is 1. The van der Waals surface area contributed by atoms with Crippen molar-refractivity contribution < 1.29 is 14.6 Å². The fraction of sp³-hybridized carbons (Fsp3) is 0.933. The molecule has 0 saturated carbocycles. The summed E-state index contributed by atoms with van der Waals surface area (Å²) in [7, 11) is 0. The molecule has 2 atom stereocenters. The van der Waals surface area contributed by atoms with Gasteiger partial charge in [0.25, 0.3) is 0 Å². The molecule has 0 aromatic heterocycles. The van der Waals surface area contributed by atoms with Gasteiger partial charge in [0.1, 0.15) is 0 Å². The van der Waals surface area contributed by atoms with E-state index in [1.54, 1.807) is 0 Å². The van der Waals surface area contributed by atoms with E-state index in [1.807, 2.05) is 6.92 Å². The molecule has 1 heterocycles. The standard InChI is InChI=1S/C15H30N2O3/c1-4-15(5-2,7-8-18)11-16-14(19)17-12(3)13-6-9-20-10-13/h12-13,18H,4-11H2,1-3H3,(H2,16,17,19). The van der Waals surface area contributed by atoms with Crippen LogP contribution in [0.5, 0.6) is 0 Å². The lowest BCUT2D eigenvalue weighted by molar-refractivity contribution is 0.161. The van der Waals surface area contributed by atoms with Crippen LogP contribution in [0.1, 0.15) is 46.5 Å². The number of aliphatic hydroxyl groups excluding tert-OH is 1. The van der Waals surface area contributed by atoms with Gasteiger partial charge < -0.3 is 20.5 Å². The van der Waals surface area contributed by atoms with Crippen LogP contribution in [0.3, 0.4) is 0 Å². The largest absolute Gasteiger partial charge is 0.396 e. The van der Waals surface area contributed by atoms with Gasteiger partial charge in [-0.15, -0.1) is 0 Å². The predicted octanol–water partition coefficient (Wildman–Crippen LogP) is 1.90. The Bertz CT molecular complexity index is 287. The molecule has 1 aliphatic heterocycles. The van der Waals surface area contributed by atoms with Gasteiger partial charge in [-0.25, -0.2) is 4.79 Å². The zero-order valence-corrected chi connectivity index (χ0v) is 13.1. The lowest BCUT2D eigenvalue weighted by atomic mass is 9.79. The van der Waals surface area contributed by atoms with Crippen LogP contribution in [0.15, 0.2) is 0 Å². The maximum Gasteiger partial charge on any atom is 0.315 e. The Kier molecular flexibility index (Phi) is 7.30. The predicted molar refractivity (Wildman–Crippen MR) is 79.6 cm³/mol. The second-order valence-corrected chi connectivity index (χ2v) is 5.92. The molecule has 0 aliphatic carbocycles. The summed E-state index contributed by atoms with van der Waals surface area (Å²) in [6.45, 7) is 8.55. The summed E-state index contributed by atoms with van der Waals surface area (Å²) < 4.78 is 5.34. The number of nitrogens with one attached hydrogen (secondary N) is 2. The van der Waals surface area contributed by atoms with E-state index >= 15 is 0 Å². The van der Waals surface area contributed by atoms with Crippen molar-refractivity contribution in [3.63, 3.8) is 0 Å². The van der Waals surface area contributed by atoms with Crippen LogP contribution in [-0.4, -0.2) is 43.5 Å². The zero-order chi connectivity index (χ0) is 15.0. The summed E-state index contributed by atoms with van der Waals surface area (Å²) in [6, 6.07) is 0.0154. The second-order valence-electron chi connectivity index (χ2n) is 5.92. The van der Waals surface area contributed by atoms with Crippen molar-refractivity contribution >= 4 is 6.03 Å². The molecule has 2 unspecified atom stereocenters. The lowest BCUT2D eigenvalue weighted by Gasteiger charge is -2.31. The minimum absolute atomic E-state index is 0.00575. The number of aliphatic hydroxyl groups is 1. The van der Waals surface area contributed by atoms with Crippen LogP contribution < -0.4 is 10.6 Å². The third-order valence-corrected chi connectivity index (χ3v) is 4.80. The normalized spacial score (nSPS) is 20.7. The average Bonchev–Trinajstić information content (AvgIpc) is 2.98. The summed E-state index contributed by atoms with van der Waals surface area (Å²) in [5, 5.41) is 15.1. The van der Waals surface area contributed by atoms with Gasteiger partial charge in [-0.3, -0.25) is 0 Å². The van der Waals surface area contributed by atoms with Crippen LogP contribution in [-0.2, 0) is 4.74 Å². The molecule has 0 radical (unpaired) electrons. The van der Waals surface area contributed by atoms with E-state index in [4.69, 9.17) is 4.74 Å². The molecule has 3 N–H and O–H groups in total. The molecule has 1 fully saturated rings. The first-order valence-electron chi connectivity index (χ1n) is 7.80. The maximum absolute atomic E-state index is 12.0. The Hall–Kier alpha value is -0.810. The van der Waals surface area contributed by atoms with Gasteiger partial charge >= 0.3 is 6.03 Å². The monoisotopic (exact) mass is 286 g/mol. The average molecular weight is 286 g/mol. The first kappa shape index (κ1) is 17.2.